The quantitative estimate of drug-likeness (QED) is 0.184. The third kappa shape index (κ3) is 4.96. The Bertz CT molecular complexity index is 1700. The maximum Gasteiger partial charge on any atom is 0.343 e. The van der Waals surface area contributed by atoms with Gasteiger partial charge in [0, 0.05) is 28.6 Å². The molecule has 0 bridgehead atoms. The molecule has 0 aliphatic carbocycles. The van der Waals surface area contributed by atoms with Gasteiger partial charge in [-0.2, -0.15) is 0 Å². The molecule has 0 aliphatic rings. The molecule has 0 saturated heterocycles. The summed E-state index contributed by atoms with van der Waals surface area (Å²) in [7, 11) is 0. The van der Waals surface area contributed by atoms with Gasteiger partial charge in [0.25, 0.3) is 0 Å². The molecule has 4 N–H and O–H groups in total. The van der Waals surface area contributed by atoms with Crippen molar-refractivity contribution in [2.24, 2.45) is 0 Å². The lowest BCUT2D eigenvalue weighted by Crippen LogP contribution is -2.11. The highest BCUT2D eigenvalue weighted by molar-refractivity contribution is 5.93. The van der Waals surface area contributed by atoms with Gasteiger partial charge in [0.15, 0.2) is 5.43 Å². The van der Waals surface area contributed by atoms with Gasteiger partial charge >= 0.3 is 11.9 Å². The molecule has 188 valence electrons. The van der Waals surface area contributed by atoms with Crippen molar-refractivity contribution in [1.82, 2.24) is 0 Å². The van der Waals surface area contributed by atoms with Crippen molar-refractivity contribution in [1.29, 1.82) is 0 Å². The zero-order valence-electron chi connectivity index (χ0n) is 20.3. The number of carbonyl (C=O) groups excluding carboxylic acids is 2. The van der Waals surface area contributed by atoms with E-state index in [1.54, 1.807) is 67.6 Å². The SMILES string of the molecule is Cc1c(-c2cc(OC(=O)c3cccc(N)c3)cc(OC(=O)c3cccc(N)c3)c2)oc2ccccc2c1=O. The summed E-state index contributed by atoms with van der Waals surface area (Å²) in [6, 6.07) is 24.0. The summed E-state index contributed by atoms with van der Waals surface area (Å²) in [5, 5.41) is 0.436. The number of carbonyl (C=O) groups is 2. The number of para-hydroxylation sites is 1. The molecule has 0 amide bonds. The maximum atomic E-state index is 13.0. The van der Waals surface area contributed by atoms with E-state index in [4.69, 9.17) is 25.4 Å². The van der Waals surface area contributed by atoms with E-state index in [2.05, 4.69) is 0 Å². The average molecular weight is 507 g/mol. The minimum atomic E-state index is -0.667. The van der Waals surface area contributed by atoms with Gasteiger partial charge in [-0.3, -0.25) is 4.79 Å². The molecule has 0 fully saturated rings. The number of hydrogen-bond acceptors (Lipinski definition) is 8. The van der Waals surface area contributed by atoms with Gasteiger partial charge in [-0.05, 0) is 67.6 Å². The first kappa shape index (κ1) is 24.3. The smallest absolute Gasteiger partial charge is 0.343 e. The van der Waals surface area contributed by atoms with Crippen molar-refractivity contribution in [2.45, 2.75) is 6.92 Å². The Morgan fingerprint density at radius 2 is 1.26 bits per heavy atom. The Balaban J connectivity index is 1.59. The zero-order valence-corrected chi connectivity index (χ0v) is 20.3. The lowest BCUT2D eigenvalue weighted by molar-refractivity contribution is 0.0733. The molecule has 0 radical (unpaired) electrons. The third-order valence-electron chi connectivity index (χ3n) is 5.83. The fourth-order valence-corrected chi connectivity index (χ4v) is 3.99. The highest BCUT2D eigenvalue weighted by Gasteiger charge is 2.18. The molecule has 0 saturated carbocycles. The minimum Gasteiger partial charge on any atom is -0.456 e. The summed E-state index contributed by atoms with van der Waals surface area (Å²) < 4.78 is 17.3. The molecular formula is C30H22N2O6. The average Bonchev–Trinajstić information content (AvgIpc) is 2.90. The van der Waals surface area contributed by atoms with Gasteiger partial charge in [0.05, 0.1) is 16.5 Å². The first-order valence-corrected chi connectivity index (χ1v) is 11.6. The van der Waals surface area contributed by atoms with Crippen LogP contribution in [0.5, 0.6) is 11.5 Å². The van der Waals surface area contributed by atoms with Gasteiger partial charge in [-0.15, -0.1) is 0 Å². The van der Waals surface area contributed by atoms with E-state index in [0.29, 0.717) is 33.5 Å². The van der Waals surface area contributed by atoms with Crippen LogP contribution in [0.3, 0.4) is 0 Å². The van der Waals surface area contributed by atoms with E-state index >= 15 is 0 Å². The van der Waals surface area contributed by atoms with Crippen molar-refractivity contribution in [3.8, 4) is 22.8 Å². The van der Waals surface area contributed by atoms with Crippen molar-refractivity contribution >= 4 is 34.3 Å². The number of hydrogen-bond donors (Lipinski definition) is 2. The first-order valence-electron chi connectivity index (χ1n) is 11.6. The second-order valence-electron chi connectivity index (χ2n) is 8.60. The van der Waals surface area contributed by atoms with E-state index in [9.17, 15) is 14.4 Å². The van der Waals surface area contributed by atoms with Gasteiger partial charge in [0.1, 0.15) is 22.8 Å². The van der Waals surface area contributed by atoms with Crippen molar-refractivity contribution < 1.29 is 23.5 Å². The van der Waals surface area contributed by atoms with Crippen molar-refractivity contribution in [2.75, 3.05) is 11.5 Å². The van der Waals surface area contributed by atoms with Crippen LogP contribution in [-0.2, 0) is 0 Å². The van der Waals surface area contributed by atoms with Crippen LogP contribution in [0.2, 0.25) is 0 Å². The summed E-state index contributed by atoms with van der Waals surface area (Å²) >= 11 is 0. The second-order valence-corrected chi connectivity index (χ2v) is 8.60. The number of rotatable bonds is 5. The van der Waals surface area contributed by atoms with Crippen LogP contribution >= 0.6 is 0 Å². The lowest BCUT2D eigenvalue weighted by Gasteiger charge is -2.13. The van der Waals surface area contributed by atoms with Crippen LogP contribution in [0.1, 0.15) is 26.3 Å². The molecule has 5 rings (SSSR count). The standard InChI is InChI=1S/C30H22N2O6/c1-17-27(33)25-10-2-3-11-26(25)38-28(17)20-14-23(36-29(34)18-6-4-8-21(31)12-18)16-24(15-20)37-30(35)19-7-5-9-22(32)13-19/h2-16H,31-32H2,1H3. The van der Waals surface area contributed by atoms with E-state index in [1.165, 1.54) is 30.3 Å². The molecule has 0 spiro atoms. The Morgan fingerprint density at radius 1 is 0.711 bits per heavy atom. The Morgan fingerprint density at radius 3 is 1.82 bits per heavy atom. The molecule has 0 atom stereocenters. The molecule has 38 heavy (non-hydrogen) atoms. The molecule has 1 aromatic heterocycles. The van der Waals surface area contributed by atoms with Gasteiger partial charge in [-0.25, -0.2) is 9.59 Å². The number of ether oxygens (including phenoxy) is 2. The number of nitrogens with two attached hydrogens (primary N) is 2. The number of anilines is 2. The molecule has 8 nitrogen and oxygen atoms in total. The zero-order chi connectivity index (χ0) is 26.8. The normalized spacial score (nSPS) is 10.8. The molecule has 1 heterocycles. The number of nitrogen functional groups attached to an aromatic ring is 2. The van der Waals surface area contributed by atoms with Gasteiger partial charge < -0.3 is 25.4 Å². The lowest BCUT2D eigenvalue weighted by atomic mass is 10.0. The fraction of sp³-hybridized carbons (Fsp3) is 0.0333. The van der Waals surface area contributed by atoms with Crippen LogP contribution in [0.25, 0.3) is 22.3 Å². The largest absolute Gasteiger partial charge is 0.456 e. The molecule has 5 aromatic rings. The molecular weight excluding hydrogens is 484 g/mol. The van der Waals surface area contributed by atoms with E-state index < -0.39 is 11.9 Å². The topological polar surface area (TPSA) is 135 Å². The Kier molecular flexibility index (Phi) is 6.37. The highest BCUT2D eigenvalue weighted by Crippen LogP contribution is 2.33. The summed E-state index contributed by atoms with van der Waals surface area (Å²) in [5.74, 6) is -0.948. The number of fused-ring (bicyclic) bond motifs is 1. The van der Waals surface area contributed by atoms with E-state index in [0.717, 1.165) is 0 Å². The van der Waals surface area contributed by atoms with E-state index in [1.807, 2.05) is 0 Å². The molecule has 0 aliphatic heterocycles. The molecule has 4 aromatic carbocycles. The summed E-state index contributed by atoms with van der Waals surface area (Å²) in [6.45, 7) is 1.64. The second kappa shape index (κ2) is 9.94. The Hall–Kier alpha value is -5.37. The monoisotopic (exact) mass is 506 g/mol. The number of esters is 2. The number of benzene rings is 4. The predicted molar refractivity (Wildman–Crippen MR) is 144 cm³/mol. The minimum absolute atomic E-state index is 0.0699. The predicted octanol–water partition coefficient (Wildman–Crippen LogP) is 5.37. The van der Waals surface area contributed by atoms with Crippen molar-refractivity contribution in [3.05, 3.63) is 118 Å². The van der Waals surface area contributed by atoms with E-state index in [-0.39, 0.29) is 33.8 Å². The van der Waals surface area contributed by atoms with Gasteiger partial charge in [0.2, 0.25) is 0 Å². The molecule has 0 unspecified atom stereocenters. The van der Waals surface area contributed by atoms with Crippen LogP contribution in [0.15, 0.2) is 100 Å². The highest BCUT2D eigenvalue weighted by atomic mass is 16.5. The molecule has 8 heteroatoms. The van der Waals surface area contributed by atoms with Crippen LogP contribution < -0.4 is 26.4 Å². The van der Waals surface area contributed by atoms with Crippen LogP contribution in [0.4, 0.5) is 11.4 Å². The Labute approximate surface area is 217 Å². The summed E-state index contributed by atoms with van der Waals surface area (Å²) in [6.07, 6.45) is 0. The third-order valence-corrected chi connectivity index (χ3v) is 5.83. The van der Waals surface area contributed by atoms with Crippen LogP contribution in [0, 0.1) is 6.92 Å². The van der Waals surface area contributed by atoms with Crippen molar-refractivity contribution in [3.63, 3.8) is 0 Å². The van der Waals surface area contributed by atoms with Gasteiger partial charge in [-0.1, -0.05) is 24.3 Å². The fourth-order valence-electron chi connectivity index (χ4n) is 3.99. The summed E-state index contributed by atoms with van der Waals surface area (Å²) in [5.41, 5.74) is 13.8. The maximum absolute atomic E-state index is 13.0. The first-order chi connectivity index (χ1) is 18.3. The summed E-state index contributed by atoms with van der Waals surface area (Å²) in [4.78, 5) is 38.7. The van der Waals surface area contributed by atoms with Crippen LogP contribution in [-0.4, -0.2) is 11.9 Å².